The molecule has 0 aliphatic heterocycles. The van der Waals surface area contributed by atoms with Crippen LogP contribution >= 0.6 is 0 Å². The molecule has 0 saturated heterocycles. The number of nitriles is 1. The fourth-order valence-corrected chi connectivity index (χ4v) is 1.85. The normalized spacial score (nSPS) is 13.6. The lowest BCUT2D eigenvalue weighted by molar-refractivity contribution is -0.155. The number of amides is 2. The minimum absolute atomic E-state index is 0.0309. The molecule has 0 fully saturated rings. The van der Waals surface area contributed by atoms with Gasteiger partial charge in [-0.15, -0.1) is 0 Å². The van der Waals surface area contributed by atoms with Gasteiger partial charge in [0.2, 0.25) is 0 Å². The van der Waals surface area contributed by atoms with E-state index in [4.69, 9.17) is 10.00 Å². The highest BCUT2D eigenvalue weighted by Gasteiger charge is 2.42. The van der Waals surface area contributed by atoms with Crippen molar-refractivity contribution in [2.24, 2.45) is 0 Å². The minimum atomic E-state index is -4.65. The Morgan fingerprint density at radius 3 is 2.39 bits per heavy atom. The van der Waals surface area contributed by atoms with Crippen molar-refractivity contribution in [3.8, 4) is 11.8 Å². The van der Waals surface area contributed by atoms with Gasteiger partial charge in [0.15, 0.2) is 6.04 Å². The van der Waals surface area contributed by atoms with E-state index in [-0.39, 0.29) is 12.0 Å². The number of halogens is 3. The Morgan fingerprint density at radius 2 is 1.96 bits per heavy atom. The van der Waals surface area contributed by atoms with Gasteiger partial charge in [-0.1, -0.05) is 12.1 Å². The standard InChI is InChI=1S/C15H18F3N3O2/c1-10(8-9-19)21(2)14(22)20-13(15(16,17)18)11-4-6-12(23-3)7-5-11/h4-7,10,13H,8H2,1-3H3,(H,20,22)/t10-,13-/m0/s1. The maximum Gasteiger partial charge on any atom is 0.412 e. The highest BCUT2D eigenvalue weighted by molar-refractivity contribution is 5.75. The summed E-state index contributed by atoms with van der Waals surface area (Å²) >= 11 is 0. The van der Waals surface area contributed by atoms with Crippen molar-refractivity contribution in [1.82, 2.24) is 10.2 Å². The van der Waals surface area contributed by atoms with E-state index in [1.165, 1.54) is 38.4 Å². The second kappa shape index (κ2) is 7.72. The number of rotatable bonds is 5. The largest absolute Gasteiger partial charge is 0.497 e. The number of benzene rings is 1. The third-order valence-corrected chi connectivity index (χ3v) is 3.41. The summed E-state index contributed by atoms with van der Waals surface area (Å²) in [6.07, 6.45) is -4.62. The Labute approximate surface area is 132 Å². The average Bonchev–Trinajstić information content (AvgIpc) is 2.51. The van der Waals surface area contributed by atoms with E-state index in [0.29, 0.717) is 5.75 Å². The molecule has 0 aromatic heterocycles. The molecule has 1 N–H and O–H groups in total. The fraction of sp³-hybridized carbons (Fsp3) is 0.467. The number of ether oxygens (including phenoxy) is 1. The predicted molar refractivity (Wildman–Crippen MR) is 77.8 cm³/mol. The minimum Gasteiger partial charge on any atom is -0.497 e. The summed E-state index contributed by atoms with van der Waals surface area (Å²) in [5.41, 5.74) is -0.104. The zero-order valence-corrected chi connectivity index (χ0v) is 13.0. The summed E-state index contributed by atoms with van der Waals surface area (Å²) in [5.74, 6) is 0.417. The molecule has 0 radical (unpaired) electrons. The van der Waals surface area contributed by atoms with Crippen LogP contribution in [0.5, 0.6) is 5.75 Å². The van der Waals surface area contributed by atoms with Gasteiger partial charge in [0.25, 0.3) is 0 Å². The molecule has 0 aliphatic carbocycles. The van der Waals surface area contributed by atoms with E-state index < -0.39 is 24.3 Å². The van der Waals surface area contributed by atoms with Gasteiger partial charge in [-0.3, -0.25) is 0 Å². The van der Waals surface area contributed by atoms with E-state index in [1.54, 1.807) is 6.92 Å². The monoisotopic (exact) mass is 329 g/mol. The van der Waals surface area contributed by atoms with Crippen LogP contribution in [0.3, 0.4) is 0 Å². The lowest BCUT2D eigenvalue weighted by atomic mass is 10.1. The lowest BCUT2D eigenvalue weighted by Gasteiger charge is -2.28. The van der Waals surface area contributed by atoms with Gasteiger partial charge in [-0.25, -0.2) is 4.79 Å². The van der Waals surface area contributed by atoms with Crippen molar-refractivity contribution in [3.63, 3.8) is 0 Å². The Bertz CT molecular complexity index is 567. The second-order valence-corrected chi connectivity index (χ2v) is 5.02. The zero-order chi connectivity index (χ0) is 17.6. The summed E-state index contributed by atoms with van der Waals surface area (Å²) < 4.78 is 44.6. The number of nitrogens with one attached hydrogen (secondary N) is 1. The molecule has 0 saturated carbocycles. The number of nitrogens with zero attached hydrogens (tertiary/aromatic N) is 2. The molecule has 0 aliphatic rings. The van der Waals surface area contributed by atoms with Crippen LogP contribution < -0.4 is 10.1 Å². The molecule has 5 nitrogen and oxygen atoms in total. The summed E-state index contributed by atoms with van der Waals surface area (Å²) in [7, 11) is 2.75. The number of methoxy groups -OCH3 is 1. The topological polar surface area (TPSA) is 65.4 Å². The van der Waals surface area contributed by atoms with E-state index in [0.717, 1.165) is 4.90 Å². The molecule has 0 unspecified atom stereocenters. The summed E-state index contributed by atoms with van der Waals surface area (Å²) in [6, 6.07) is 3.61. The number of urea groups is 1. The van der Waals surface area contributed by atoms with Crippen molar-refractivity contribution in [2.75, 3.05) is 14.2 Å². The van der Waals surface area contributed by atoms with Crippen molar-refractivity contribution in [1.29, 1.82) is 5.26 Å². The van der Waals surface area contributed by atoms with Gasteiger partial charge < -0.3 is 15.0 Å². The highest BCUT2D eigenvalue weighted by Crippen LogP contribution is 2.33. The first-order valence-electron chi connectivity index (χ1n) is 6.81. The molecule has 0 bridgehead atoms. The first-order valence-corrected chi connectivity index (χ1v) is 6.81. The molecule has 0 heterocycles. The second-order valence-electron chi connectivity index (χ2n) is 5.02. The van der Waals surface area contributed by atoms with Crippen molar-refractivity contribution in [3.05, 3.63) is 29.8 Å². The summed E-state index contributed by atoms with van der Waals surface area (Å²) in [5, 5.41) is 10.6. The van der Waals surface area contributed by atoms with Crippen LogP contribution in [0.25, 0.3) is 0 Å². The molecule has 1 rings (SSSR count). The molecular formula is C15H18F3N3O2. The first-order chi connectivity index (χ1) is 10.7. The number of hydrogen-bond donors (Lipinski definition) is 1. The summed E-state index contributed by atoms with van der Waals surface area (Å²) in [6.45, 7) is 1.58. The fourth-order valence-electron chi connectivity index (χ4n) is 1.85. The van der Waals surface area contributed by atoms with Crippen molar-refractivity contribution in [2.45, 2.75) is 31.6 Å². The van der Waals surface area contributed by atoms with Gasteiger partial charge >= 0.3 is 12.2 Å². The van der Waals surface area contributed by atoms with E-state index in [1.807, 2.05) is 11.4 Å². The van der Waals surface area contributed by atoms with Crippen molar-refractivity contribution < 1.29 is 22.7 Å². The molecule has 126 valence electrons. The molecule has 23 heavy (non-hydrogen) atoms. The van der Waals surface area contributed by atoms with Gasteiger partial charge in [-0.2, -0.15) is 18.4 Å². The third kappa shape index (κ3) is 5.06. The molecule has 2 amide bonds. The van der Waals surface area contributed by atoms with E-state index in [9.17, 15) is 18.0 Å². The molecule has 1 aromatic rings. The van der Waals surface area contributed by atoms with Crippen LogP contribution in [-0.4, -0.2) is 37.3 Å². The number of carbonyl (C=O) groups excluding carboxylic acids is 1. The first kappa shape index (κ1) is 18.6. The Kier molecular flexibility index (Phi) is 6.25. The molecule has 0 spiro atoms. The summed E-state index contributed by atoms with van der Waals surface area (Å²) in [4.78, 5) is 13.1. The SMILES string of the molecule is COc1ccc([C@H](NC(=O)N(C)[C@@H](C)CC#N)C(F)(F)F)cc1. The number of hydrogen-bond acceptors (Lipinski definition) is 3. The van der Waals surface area contributed by atoms with Crippen LogP contribution in [0.2, 0.25) is 0 Å². The molecule has 8 heteroatoms. The maximum atomic E-state index is 13.2. The zero-order valence-electron chi connectivity index (χ0n) is 13.0. The van der Waals surface area contributed by atoms with Crippen LogP contribution in [0.15, 0.2) is 24.3 Å². The van der Waals surface area contributed by atoms with Crippen LogP contribution in [0.1, 0.15) is 24.9 Å². The quantitative estimate of drug-likeness (QED) is 0.902. The third-order valence-electron chi connectivity index (χ3n) is 3.41. The Balaban J connectivity index is 2.95. The van der Waals surface area contributed by atoms with E-state index >= 15 is 0 Å². The van der Waals surface area contributed by atoms with Crippen LogP contribution in [0, 0.1) is 11.3 Å². The van der Waals surface area contributed by atoms with Gasteiger partial charge in [0.1, 0.15) is 5.75 Å². The Morgan fingerprint density at radius 1 is 1.39 bits per heavy atom. The number of carbonyl (C=O) groups is 1. The molecule has 1 aromatic carbocycles. The van der Waals surface area contributed by atoms with Crippen LogP contribution in [-0.2, 0) is 0 Å². The molecular weight excluding hydrogens is 311 g/mol. The lowest BCUT2D eigenvalue weighted by Crippen LogP contribution is -2.47. The highest BCUT2D eigenvalue weighted by atomic mass is 19.4. The Hall–Kier alpha value is -2.43. The van der Waals surface area contributed by atoms with Crippen molar-refractivity contribution >= 4 is 6.03 Å². The maximum absolute atomic E-state index is 13.2. The van der Waals surface area contributed by atoms with E-state index in [2.05, 4.69) is 0 Å². The van der Waals surface area contributed by atoms with Gasteiger partial charge in [0.05, 0.1) is 19.6 Å². The van der Waals surface area contributed by atoms with Gasteiger partial charge in [-0.05, 0) is 24.6 Å². The van der Waals surface area contributed by atoms with Crippen LogP contribution in [0.4, 0.5) is 18.0 Å². The smallest absolute Gasteiger partial charge is 0.412 e. The molecule has 2 atom stereocenters. The van der Waals surface area contributed by atoms with Gasteiger partial charge in [0, 0.05) is 13.1 Å². The number of alkyl halides is 3. The predicted octanol–water partition coefficient (Wildman–Crippen LogP) is 3.24. The average molecular weight is 329 g/mol.